The summed E-state index contributed by atoms with van der Waals surface area (Å²) in [6.07, 6.45) is 3.29. The van der Waals surface area contributed by atoms with Crippen LogP contribution in [-0.4, -0.2) is 8.07 Å². The Kier molecular flexibility index (Phi) is 5.61. The Balaban J connectivity index is 1.94. The van der Waals surface area contributed by atoms with Crippen molar-refractivity contribution in [2.75, 3.05) is 0 Å². The van der Waals surface area contributed by atoms with Crippen molar-refractivity contribution in [3.63, 3.8) is 0 Å². The van der Waals surface area contributed by atoms with Gasteiger partial charge in [-0.2, -0.15) is 0 Å². The molecule has 0 saturated heterocycles. The van der Waals surface area contributed by atoms with Crippen molar-refractivity contribution in [2.24, 2.45) is 7.05 Å². The molecule has 0 N–H and O–H groups in total. The van der Waals surface area contributed by atoms with Gasteiger partial charge in [0.1, 0.15) is 15.1 Å². The van der Waals surface area contributed by atoms with Crippen LogP contribution in [0.4, 0.5) is 0 Å². The highest BCUT2D eigenvalue weighted by atomic mass is 28.3. The fourth-order valence-corrected chi connectivity index (χ4v) is 7.22. The minimum Gasteiger partial charge on any atom is -0.200 e. The SMILES string of the molecule is CCc1cc(-c2c3ccc([Si](C)(C)c4ccccc4)cc3cc[n+]2C)c(C)c(C)c1C. The molecule has 1 nitrogen and oxygen atoms in total. The van der Waals surface area contributed by atoms with Crippen LogP contribution in [0.1, 0.15) is 29.2 Å². The fourth-order valence-electron chi connectivity index (χ4n) is 4.85. The highest BCUT2D eigenvalue weighted by molar-refractivity contribution is 7.00. The molecule has 4 rings (SSSR count). The molecule has 0 bridgehead atoms. The van der Waals surface area contributed by atoms with Crippen molar-refractivity contribution in [3.05, 3.63) is 89.1 Å². The third-order valence-electron chi connectivity index (χ3n) is 7.32. The van der Waals surface area contributed by atoms with Gasteiger partial charge in [0, 0.05) is 6.07 Å². The van der Waals surface area contributed by atoms with E-state index in [1.54, 1.807) is 0 Å². The largest absolute Gasteiger partial charge is 0.220 e. The van der Waals surface area contributed by atoms with Crippen LogP contribution in [0.15, 0.2) is 66.9 Å². The zero-order valence-electron chi connectivity index (χ0n) is 20.0. The van der Waals surface area contributed by atoms with E-state index in [0.717, 1.165) is 6.42 Å². The third-order valence-corrected chi connectivity index (χ3v) is 10.9. The van der Waals surface area contributed by atoms with Gasteiger partial charge in [-0.1, -0.05) is 72.9 Å². The summed E-state index contributed by atoms with van der Waals surface area (Å²) in [4.78, 5) is 0. The number of pyridine rings is 1. The van der Waals surface area contributed by atoms with E-state index in [0.29, 0.717) is 0 Å². The highest BCUT2D eigenvalue weighted by Crippen LogP contribution is 2.32. The lowest BCUT2D eigenvalue weighted by Crippen LogP contribution is -2.52. The zero-order valence-corrected chi connectivity index (χ0v) is 21.0. The molecular weight excluding hydrogens is 390 g/mol. The lowest BCUT2D eigenvalue weighted by Gasteiger charge is -2.24. The molecule has 0 amide bonds. The summed E-state index contributed by atoms with van der Waals surface area (Å²) < 4.78 is 2.29. The maximum absolute atomic E-state index is 2.45. The van der Waals surface area contributed by atoms with Crippen molar-refractivity contribution in [3.8, 4) is 11.3 Å². The quantitative estimate of drug-likeness (QED) is 0.295. The van der Waals surface area contributed by atoms with Gasteiger partial charge >= 0.3 is 0 Å². The van der Waals surface area contributed by atoms with E-state index in [1.807, 2.05) is 0 Å². The first-order valence-corrected chi connectivity index (χ1v) is 14.3. The first kappa shape index (κ1) is 21.5. The number of rotatable bonds is 4. The summed E-state index contributed by atoms with van der Waals surface area (Å²) in [7, 11) is 0.440. The Bertz CT molecular complexity index is 1270. The van der Waals surface area contributed by atoms with Gasteiger partial charge in [-0.15, -0.1) is 0 Å². The van der Waals surface area contributed by atoms with Crippen molar-refractivity contribution in [1.29, 1.82) is 0 Å². The normalized spacial score (nSPS) is 11.8. The van der Waals surface area contributed by atoms with Crippen molar-refractivity contribution in [1.82, 2.24) is 0 Å². The predicted octanol–water partition coefficient (Wildman–Crippen LogP) is 5.64. The van der Waals surface area contributed by atoms with Gasteiger partial charge in [0.25, 0.3) is 0 Å². The van der Waals surface area contributed by atoms with E-state index in [-0.39, 0.29) is 0 Å². The van der Waals surface area contributed by atoms with E-state index in [9.17, 15) is 0 Å². The Morgan fingerprint density at radius 1 is 0.774 bits per heavy atom. The molecule has 158 valence electrons. The van der Waals surface area contributed by atoms with Gasteiger partial charge in [0.05, 0.1) is 10.9 Å². The summed E-state index contributed by atoms with van der Waals surface area (Å²) in [5.41, 5.74) is 8.37. The summed E-state index contributed by atoms with van der Waals surface area (Å²) in [5, 5.41) is 5.63. The highest BCUT2D eigenvalue weighted by Gasteiger charge is 2.27. The predicted molar refractivity (Wildman–Crippen MR) is 137 cm³/mol. The van der Waals surface area contributed by atoms with Crippen molar-refractivity contribution < 1.29 is 4.57 Å². The Hall–Kier alpha value is -2.71. The van der Waals surface area contributed by atoms with Crippen LogP contribution in [0.3, 0.4) is 0 Å². The van der Waals surface area contributed by atoms with Crippen LogP contribution in [-0.2, 0) is 13.5 Å². The molecule has 3 aromatic carbocycles. The summed E-state index contributed by atoms with van der Waals surface area (Å²) in [5.74, 6) is 0. The second kappa shape index (κ2) is 8.09. The molecule has 0 unspecified atom stereocenters. The molecule has 31 heavy (non-hydrogen) atoms. The molecule has 0 aliphatic carbocycles. The minimum atomic E-state index is -1.73. The summed E-state index contributed by atoms with van der Waals surface area (Å²) in [6, 6.07) is 22.9. The Labute approximate surface area is 188 Å². The number of nitrogens with zero attached hydrogens (tertiary/aromatic N) is 1. The summed E-state index contributed by atoms with van der Waals surface area (Å²) >= 11 is 0. The van der Waals surface area contributed by atoms with E-state index in [2.05, 4.69) is 119 Å². The van der Waals surface area contributed by atoms with Crippen LogP contribution in [0.2, 0.25) is 13.1 Å². The number of benzene rings is 3. The summed E-state index contributed by atoms with van der Waals surface area (Å²) in [6.45, 7) is 14.0. The van der Waals surface area contributed by atoms with Crippen LogP contribution in [0.5, 0.6) is 0 Å². The molecule has 0 atom stereocenters. The van der Waals surface area contributed by atoms with Gasteiger partial charge in [0.2, 0.25) is 5.69 Å². The van der Waals surface area contributed by atoms with Crippen LogP contribution >= 0.6 is 0 Å². The maximum atomic E-state index is 2.45. The zero-order chi connectivity index (χ0) is 22.3. The third kappa shape index (κ3) is 3.63. The van der Waals surface area contributed by atoms with Gasteiger partial charge in [-0.3, -0.25) is 0 Å². The molecule has 2 heteroatoms. The van der Waals surface area contributed by atoms with Gasteiger partial charge in [0.15, 0.2) is 6.20 Å². The fraction of sp³-hybridized carbons (Fsp3) is 0.276. The Morgan fingerprint density at radius 3 is 2.16 bits per heavy atom. The van der Waals surface area contributed by atoms with Crippen LogP contribution in [0, 0.1) is 20.8 Å². The van der Waals surface area contributed by atoms with Gasteiger partial charge < -0.3 is 0 Å². The second-order valence-electron chi connectivity index (χ2n) is 9.38. The minimum absolute atomic E-state index is 1.06. The molecule has 0 aliphatic rings. The average Bonchev–Trinajstić information content (AvgIpc) is 2.78. The van der Waals surface area contributed by atoms with Crippen LogP contribution in [0.25, 0.3) is 22.0 Å². The molecule has 1 aromatic heterocycles. The molecule has 0 saturated carbocycles. The molecule has 0 radical (unpaired) electrons. The lowest BCUT2D eigenvalue weighted by molar-refractivity contribution is -0.659. The molecule has 0 spiro atoms. The van der Waals surface area contributed by atoms with Crippen LogP contribution < -0.4 is 14.9 Å². The standard InChI is InChI=1S/C29H34NSi/c1-8-23-19-28(22(4)20(2)21(23)3)29-27-15-14-26(18-24(27)16-17-30(29)5)31(6,7)25-12-10-9-11-13-25/h9-19H,8H2,1-7H3/q+1. The van der Waals surface area contributed by atoms with Gasteiger partial charge in [-0.05, 0) is 67.0 Å². The van der Waals surface area contributed by atoms with Crippen molar-refractivity contribution in [2.45, 2.75) is 47.2 Å². The monoisotopic (exact) mass is 424 g/mol. The maximum Gasteiger partial charge on any atom is 0.220 e. The lowest BCUT2D eigenvalue weighted by atomic mass is 9.90. The number of aromatic nitrogens is 1. The van der Waals surface area contributed by atoms with E-state index in [1.165, 1.54) is 54.7 Å². The van der Waals surface area contributed by atoms with E-state index in [4.69, 9.17) is 0 Å². The topological polar surface area (TPSA) is 3.88 Å². The molecule has 0 aliphatic heterocycles. The Morgan fingerprint density at radius 2 is 1.48 bits per heavy atom. The first-order valence-electron chi connectivity index (χ1n) is 11.3. The molecule has 0 fully saturated rings. The second-order valence-corrected chi connectivity index (χ2v) is 13.8. The molecular formula is C29H34NSi+. The smallest absolute Gasteiger partial charge is 0.200 e. The first-order chi connectivity index (χ1) is 14.8. The van der Waals surface area contributed by atoms with E-state index < -0.39 is 8.07 Å². The molecule has 4 aromatic rings. The number of hydrogen-bond acceptors (Lipinski definition) is 0. The molecule has 1 heterocycles. The van der Waals surface area contributed by atoms with Crippen molar-refractivity contribution >= 4 is 29.2 Å². The average molecular weight is 425 g/mol. The number of fused-ring (bicyclic) bond motifs is 1. The van der Waals surface area contributed by atoms with Gasteiger partial charge in [-0.25, -0.2) is 4.57 Å². The number of aryl methyl sites for hydroxylation is 2. The van der Waals surface area contributed by atoms with E-state index >= 15 is 0 Å². The number of hydrogen-bond donors (Lipinski definition) is 0.